The molecule has 1 amide bonds. The zero-order valence-corrected chi connectivity index (χ0v) is 16.1. The predicted molar refractivity (Wildman–Crippen MR) is 101 cm³/mol. The van der Waals surface area contributed by atoms with E-state index in [4.69, 9.17) is 25.8 Å². The molecule has 0 unspecified atom stereocenters. The van der Waals surface area contributed by atoms with Gasteiger partial charge in [-0.1, -0.05) is 28.1 Å². The summed E-state index contributed by atoms with van der Waals surface area (Å²) in [6.45, 7) is 4.88. The van der Waals surface area contributed by atoms with Crippen molar-refractivity contribution in [1.29, 1.82) is 0 Å². The molecule has 0 aliphatic carbocycles. The summed E-state index contributed by atoms with van der Waals surface area (Å²) in [4.78, 5) is 19.4. The van der Waals surface area contributed by atoms with Gasteiger partial charge in [-0.15, -0.1) is 0 Å². The summed E-state index contributed by atoms with van der Waals surface area (Å²) < 4.78 is 11.9. The van der Waals surface area contributed by atoms with Gasteiger partial charge in [-0.25, -0.2) is 4.98 Å². The third kappa shape index (κ3) is 3.22. The highest BCUT2D eigenvalue weighted by atomic mass is 35.5. The zero-order chi connectivity index (χ0) is 18.3. The molecule has 1 atom stereocenters. The molecule has 0 spiro atoms. The number of carbonyl (C=O) groups excluding carboxylic acids is 1. The van der Waals surface area contributed by atoms with Crippen molar-refractivity contribution in [1.82, 2.24) is 10.1 Å². The van der Waals surface area contributed by atoms with E-state index in [1.807, 2.05) is 19.1 Å². The number of amides is 1. The second-order valence-corrected chi connectivity index (χ2v) is 7.82. The monoisotopic (exact) mass is 391 g/mol. The Hall–Kier alpha value is -1.96. The minimum atomic E-state index is -0.260. The maximum atomic E-state index is 13.1. The van der Waals surface area contributed by atoms with Crippen LogP contribution in [0.2, 0.25) is 5.02 Å². The lowest BCUT2D eigenvalue weighted by Crippen LogP contribution is -2.37. The average Bonchev–Trinajstić information content (AvgIpc) is 3.36. The summed E-state index contributed by atoms with van der Waals surface area (Å²) in [5.41, 5.74) is 2.39. The highest BCUT2D eigenvalue weighted by Gasteiger charge is 2.29. The second-order valence-electron chi connectivity index (χ2n) is 6.40. The lowest BCUT2D eigenvalue weighted by Gasteiger charge is -2.21. The van der Waals surface area contributed by atoms with Crippen LogP contribution in [0.5, 0.6) is 0 Å². The van der Waals surface area contributed by atoms with E-state index in [0.29, 0.717) is 22.4 Å². The summed E-state index contributed by atoms with van der Waals surface area (Å²) in [7, 11) is 0. The third-order valence-corrected chi connectivity index (χ3v) is 5.91. The number of benzene rings is 1. The molecule has 1 fully saturated rings. The minimum absolute atomic E-state index is 0.000310. The van der Waals surface area contributed by atoms with Crippen molar-refractivity contribution < 1.29 is 14.1 Å². The third-order valence-electron chi connectivity index (χ3n) is 4.46. The van der Waals surface area contributed by atoms with Gasteiger partial charge in [-0.2, -0.15) is 0 Å². The molecule has 0 N–H and O–H groups in total. The van der Waals surface area contributed by atoms with Crippen molar-refractivity contribution in [3.8, 4) is 0 Å². The maximum absolute atomic E-state index is 13.1. The number of rotatable bonds is 4. The summed E-state index contributed by atoms with van der Waals surface area (Å²) >= 11 is 7.68. The summed E-state index contributed by atoms with van der Waals surface area (Å²) in [6, 6.07) is 5.42. The molecule has 4 rings (SSSR count). The molecule has 136 valence electrons. The van der Waals surface area contributed by atoms with E-state index in [0.717, 1.165) is 35.2 Å². The number of anilines is 1. The first-order valence-corrected chi connectivity index (χ1v) is 9.65. The number of fused-ring (bicyclic) bond motifs is 1. The van der Waals surface area contributed by atoms with Gasteiger partial charge in [-0.05, 0) is 44.4 Å². The number of aromatic nitrogens is 2. The summed E-state index contributed by atoms with van der Waals surface area (Å²) in [6.07, 6.45) is 1.93. The van der Waals surface area contributed by atoms with Crippen LogP contribution >= 0.6 is 22.9 Å². The number of nitrogens with zero attached hydrogens (tertiary/aromatic N) is 3. The molecule has 0 bridgehead atoms. The molecule has 1 aliphatic rings. The van der Waals surface area contributed by atoms with Gasteiger partial charge in [0.2, 0.25) is 5.76 Å². The first-order chi connectivity index (χ1) is 12.5. The molecule has 3 aromatic rings. The lowest BCUT2D eigenvalue weighted by atomic mass is 10.2. The Kier molecular flexibility index (Phi) is 4.69. The van der Waals surface area contributed by atoms with E-state index in [1.54, 1.807) is 17.9 Å². The van der Waals surface area contributed by atoms with E-state index < -0.39 is 0 Å². The Labute approximate surface area is 159 Å². The summed E-state index contributed by atoms with van der Waals surface area (Å²) in [5, 5.41) is 5.10. The maximum Gasteiger partial charge on any atom is 0.298 e. The van der Waals surface area contributed by atoms with Crippen molar-refractivity contribution in [2.75, 3.05) is 18.1 Å². The number of carbonyl (C=O) groups is 1. The van der Waals surface area contributed by atoms with E-state index in [-0.39, 0.29) is 17.8 Å². The summed E-state index contributed by atoms with van der Waals surface area (Å²) in [5.74, 6) is -0.0570. The van der Waals surface area contributed by atoms with Crippen molar-refractivity contribution in [3.63, 3.8) is 0 Å². The van der Waals surface area contributed by atoms with Crippen LogP contribution in [0.4, 0.5) is 5.13 Å². The van der Waals surface area contributed by atoms with Gasteiger partial charge < -0.3 is 9.26 Å². The largest absolute Gasteiger partial charge is 0.376 e. The molecule has 0 saturated carbocycles. The average molecular weight is 392 g/mol. The molecule has 1 aromatic carbocycles. The fraction of sp³-hybridized carbons (Fsp3) is 0.389. The van der Waals surface area contributed by atoms with Crippen LogP contribution in [0.15, 0.2) is 22.7 Å². The van der Waals surface area contributed by atoms with Crippen LogP contribution in [0.1, 0.15) is 34.7 Å². The van der Waals surface area contributed by atoms with E-state index >= 15 is 0 Å². The Morgan fingerprint density at radius 2 is 2.27 bits per heavy atom. The minimum Gasteiger partial charge on any atom is -0.376 e. The van der Waals surface area contributed by atoms with Gasteiger partial charge in [0.15, 0.2) is 5.13 Å². The van der Waals surface area contributed by atoms with Crippen LogP contribution in [0.25, 0.3) is 10.2 Å². The highest BCUT2D eigenvalue weighted by Crippen LogP contribution is 2.34. The first kappa shape index (κ1) is 17.5. The molecule has 3 heterocycles. The van der Waals surface area contributed by atoms with Crippen LogP contribution in [-0.4, -0.2) is 35.3 Å². The van der Waals surface area contributed by atoms with Crippen molar-refractivity contribution in [2.45, 2.75) is 32.8 Å². The molecule has 8 heteroatoms. The van der Waals surface area contributed by atoms with Crippen molar-refractivity contribution >= 4 is 44.2 Å². The van der Waals surface area contributed by atoms with Crippen LogP contribution in [0, 0.1) is 13.8 Å². The Morgan fingerprint density at radius 1 is 1.42 bits per heavy atom. The fourth-order valence-electron chi connectivity index (χ4n) is 3.04. The fourth-order valence-corrected chi connectivity index (χ4v) is 4.23. The van der Waals surface area contributed by atoms with Gasteiger partial charge in [0.1, 0.15) is 0 Å². The van der Waals surface area contributed by atoms with Crippen molar-refractivity contribution in [2.24, 2.45) is 0 Å². The van der Waals surface area contributed by atoms with E-state index in [1.165, 1.54) is 11.3 Å². The first-order valence-electron chi connectivity index (χ1n) is 8.45. The highest BCUT2D eigenvalue weighted by molar-refractivity contribution is 7.22. The van der Waals surface area contributed by atoms with Gasteiger partial charge in [0.05, 0.1) is 28.6 Å². The Morgan fingerprint density at radius 3 is 2.96 bits per heavy atom. The SMILES string of the molecule is Cc1cc(C(=O)N(C[C@@H]2CCCO2)c2nc3c(C)c(Cl)ccc3s2)on1. The van der Waals surface area contributed by atoms with Crippen LogP contribution < -0.4 is 4.90 Å². The van der Waals surface area contributed by atoms with Crippen molar-refractivity contribution in [3.05, 3.63) is 40.2 Å². The number of ether oxygens (including phenoxy) is 1. The number of halogens is 1. The van der Waals surface area contributed by atoms with Crippen LogP contribution in [0.3, 0.4) is 0 Å². The Bertz CT molecular complexity index is 962. The van der Waals surface area contributed by atoms with E-state index in [9.17, 15) is 4.79 Å². The number of hydrogen-bond donors (Lipinski definition) is 0. The van der Waals surface area contributed by atoms with E-state index in [2.05, 4.69) is 5.16 Å². The van der Waals surface area contributed by atoms with Gasteiger partial charge in [-0.3, -0.25) is 9.69 Å². The normalized spacial score (nSPS) is 17.1. The molecular formula is C18H18ClN3O3S. The standard InChI is InChI=1S/C18H18ClN3O3S/c1-10-8-14(25-21-10)17(23)22(9-12-4-3-7-24-12)18-20-16-11(2)13(19)5-6-15(16)26-18/h5-6,8,12H,3-4,7,9H2,1-2H3/t12-/m0/s1. The number of aryl methyl sites for hydroxylation is 2. The number of hydrogen-bond acceptors (Lipinski definition) is 6. The van der Waals surface area contributed by atoms with Gasteiger partial charge >= 0.3 is 0 Å². The predicted octanol–water partition coefficient (Wildman–Crippen LogP) is 4.38. The lowest BCUT2D eigenvalue weighted by molar-refractivity contribution is 0.0887. The second kappa shape index (κ2) is 6.98. The van der Waals surface area contributed by atoms with Crippen LogP contribution in [-0.2, 0) is 4.74 Å². The Balaban J connectivity index is 1.74. The molecule has 6 nitrogen and oxygen atoms in total. The molecule has 1 aliphatic heterocycles. The quantitative estimate of drug-likeness (QED) is 0.660. The molecule has 0 radical (unpaired) electrons. The topological polar surface area (TPSA) is 68.5 Å². The molecule has 2 aromatic heterocycles. The number of thiazole rings is 1. The smallest absolute Gasteiger partial charge is 0.298 e. The molecular weight excluding hydrogens is 374 g/mol. The molecule has 26 heavy (non-hydrogen) atoms. The van der Waals surface area contributed by atoms with Gasteiger partial charge in [0.25, 0.3) is 5.91 Å². The van der Waals surface area contributed by atoms with Gasteiger partial charge in [0, 0.05) is 17.7 Å². The molecule has 1 saturated heterocycles. The zero-order valence-electron chi connectivity index (χ0n) is 14.5.